The predicted molar refractivity (Wildman–Crippen MR) is 122 cm³/mol. The molecule has 2 heterocycles. The minimum absolute atomic E-state index is 0. The minimum Gasteiger partial charge on any atom is -0.486 e. The van der Waals surface area contributed by atoms with E-state index in [1.807, 2.05) is 6.07 Å². The lowest BCUT2D eigenvalue weighted by Crippen LogP contribution is -2.46. The van der Waals surface area contributed by atoms with E-state index < -0.39 is 0 Å². The molecule has 158 valence electrons. The number of guanidine groups is 1. The molecule has 0 aromatic heterocycles. The molecule has 1 fully saturated rings. The lowest BCUT2D eigenvalue weighted by molar-refractivity contribution is 0.0389. The molecule has 1 saturated heterocycles. The molecular weight excluding hydrogens is 471 g/mol. The van der Waals surface area contributed by atoms with Gasteiger partial charge < -0.3 is 24.8 Å². The second-order valence-corrected chi connectivity index (χ2v) is 7.55. The largest absolute Gasteiger partial charge is 0.486 e. The highest BCUT2D eigenvalue weighted by Gasteiger charge is 2.24. The smallest absolute Gasteiger partial charge is 0.191 e. The maximum absolute atomic E-state index is 5.72. The van der Waals surface area contributed by atoms with Crippen molar-refractivity contribution in [3.05, 3.63) is 23.8 Å². The van der Waals surface area contributed by atoms with Crippen molar-refractivity contribution < 1.29 is 14.2 Å². The van der Waals surface area contributed by atoms with Crippen LogP contribution in [0.1, 0.15) is 19.4 Å². The van der Waals surface area contributed by atoms with Gasteiger partial charge >= 0.3 is 0 Å². The molecule has 28 heavy (non-hydrogen) atoms. The fourth-order valence-electron chi connectivity index (χ4n) is 3.25. The van der Waals surface area contributed by atoms with Gasteiger partial charge in [-0.1, -0.05) is 19.9 Å². The zero-order chi connectivity index (χ0) is 19.1. The predicted octanol–water partition coefficient (Wildman–Crippen LogP) is 1.85. The second kappa shape index (κ2) is 11.1. The average molecular weight is 504 g/mol. The molecule has 2 N–H and O–H groups in total. The van der Waals surface area contributed by atoms with Crippen LogP contribution in [0, 0.1) is 0 Å². The van der Waals surface area contributed by atoms with Crippen LogP contribution in [0.3, 0.4) is 0 Å². The first-order valence-electron chi connectivity index (χ1n) is 9.73. The summed E-state index contributed by atoms with van der Waals surface area (Å²) >= 11 is 0. The normalized spacial score (nSPS) is 17.6. The lowest BCUT2D eigenvalue weighted by atomic mass is 9.84. The van der Waals surface area contributed by atoms with Crippen molar-refractivity contribution in [2.75, 3.05) is 66.2 Å². The van der Waals surface area contributed by atoms with Gasteiger partial charge in [-0.2, -0.15) is 0 Å². The fraction of sp³-hybridized carbons (Fsp3) is 0.650. The summed E-state index contributed by atoms with van der Waals surface area (Å²) in [6.07, 6.45) is 0. The molecule has 0 radical (unpaired) electrons. The Balaban J connectivity index is 0.00000280. The van der Waals surface area contributed by atoms with E-state index in [-0.39, 0.29) is 29.4 Å². The van der Waals surface area contributed by atoms with E-state index in [2.05, 4.69) is 46.5 Å². The Morgan fingerprint density at radius 2 is 1.79 bits per heavy atom. The van der Waals surface area contributed by atoms with Crippen LogP contribution in [0.15, 0.2) is 23.2 Å². The van der Waals surface area contributed by atoms with E-state index in [0.717, 1.165) is 63.4 Å². The van der Waals surface area contributed by atoms with Crippen LogP contribution in [0.25, 0.3) is 0 Å². The van der Waals surface area contributed by atoms with Crippen LogP contribution in [0.2, 0.25) is 0 Å². The molecule has 0 amide bonds. The third kappa shape index (κ3) is 6.38. The Bertz CT molecular complexity index is 648. The summed E-state index contributed by atoms with van der Waals surface area (Å²) in [4.78, 5) is 6.75. The Hall–Kier alpha value is -1.26. The minimum atomic E-state index is -0.0718. The van der Waals surface area contributed by atoms with Gasteiger partial charge in [0.2, 0.25) is 0 Å². The van der Waals surface area contributed by atoms with Gasteiger partial charge in [-0.3, -0.25) is 9.89 Å². The molecule has 0 unspecified atom stereocenters. The Labute approximate surface area is 185 Å². The first-order chi connectivity index (χ1) is 13.1. The highest BCUT2D eigenvalue weighted by molar-refractivity contribution is 14.0. The van der Waals surface area contributed by atoms with Crippen LogP contribution in [0.4, 0.5) is 0 Å². The molecular formula is C20H33IN4O3. The average Bonchev–Trinajstić information content (AvgIpc) is 2.71. The number of nitrogens with one attached hydrogen (secondary N) is 2. The number of benzene rings is 1. The highest BCUT2D eigenvalue weighted by Crippen LogP contribution is 2.34. The van der Waals surface area contributed by atoms with Crippen molar-refractivity contribution in [2.45, 2.75) is 19.3 Å². The molecule has 2 aliphatic rings. The first kappa shape index (κ1) is 23.0. The topological polar surface area (TPSA) is 67.4 Å². The summed E-state index contributed by atoms with van der Waals surface area (Å²) in [6, 6.07) is 6.20. The van der Waals surface area contributed by atoms with Gasteiger partial charge in [0.25, 0.3) is 0 Å². The second-order valence-electron chi connectivity index (χ2n) is 7.55. The molecule has 3 rings (SSSR count). The number of fused-ring (bicyclic) bond motifs is 1. The number of halogens is 1. The summed E-state index contributed by atoms with van der Waals surface area (Å²) in [7, 11) is 1.81. The summed E-state index contributed by atoms with van der Waals surface area (Å²) in [6.45, 7) is 11.9. The van der Waals surface area contributed by atoms with Gasteiger partial charge in [-0.05, 0) is 17.7 Å². The number of hydrogen-bond acceptors (Lipinski definition) is 5. The summed E-state index contributed by atoms with van der Waals surface area (Å²) in [5.74, 6) is 2.49. The van der Waals surface area contributed by atoms with E-state index in [9.17, 15) is 0 Å². The molecule has 8 heteroatoms. The Morgan fingerprint density at radius 3 is 2.50 bits per heavy atom. The van der Waals surface area contributed by atoms with Gasteiger partial charge in [0.05, 0.1) is 13.2 Å². The van der Waals surface area contributed by atoms with Gasteiger partial charge in [0.1, 0.15) is 13.2 Å². The molecule has 0 saturated carbocycles. The number of nitrogens with zero attached hydrogens (tertiary/aromatic N) is 2. The third-order valence-corrected chi connectivity index (χ3v) is 5.07. The standard InChI is InChI=1S/C20H32N4O3.HI/c1-20(2,16-4-5-17-18(14-16)27-13-12-26-17)15-23-19(21-3)22-6-7-24-8-10-25-11-9-24;/h4-5,14H,6-13,15H2,1-3H3,(H2,21,22,23);1H. The van der Waals surface area contributed by atoms with E-state index in [1.165, 1.54) is 5.56 Å². The van der Waals surface area contributed by atoms with E-state index in [1.54, 1.807) is 7.05 Å². The molecule has 7 nitrogen and oxygen atoms in total. The van der Waals surface area contributed by atoms with Gasteiger partial charge in [-0.25, -0.2) is 0 Å². The highest BCUT2D eigenvalue weighted by atomic mass is 127. The van der Waals surface area contributed by atoms with Crippen molar-refractivity contribution in [1.29, 1.82) is 0 Å². The summed E-state index contributed by atoms with van der Waals surface area (Å²) < 4.78 is 16.7. The summed E-state index contributed by atoms with van der Waals surface area (Å²) in [5.41, 5.74) is 1.14. The number of rotatable bonds is 6. The molecule has 0 spiro atoms. The van der Waals surface area contributed by atoms with Crippen molar-refractivity contribution in [3.8, 4) is 11.5 Å². The van der Waals surface area contributed by atoms with E-state index >= 15 is 0 Å². The molecule has 0 atom stereocenters. The van der Waals surface area contributed by atoms with Crippen molar-refractivity contribution in [1.82, 2.24) is 15.5 Å². The quantitative estimate of drug-likeness (QED) is 0.350. The summed E-state index contributed by atoms with van der Waals surface area (Å²) in [5, 5.41) is 6.85. The van der Waals surface area contributed by atoms with Crippen molar-refractivity contribution in [2.24, 2.45) is 4.99 Å². The molecule has 0 bridgehead atoms. The zero-order valence-electron chi connectivity index (χ0n) is 17.1. The number of morpholine rings is 1. The van der Waals surface area contributed by atoms with Crippen LogP contribution in [-0.2, 0) is 10.2 Å². The monoisotopic (exact) mass is 504 g/mol. The number of hydrogen-bond donors (Lipinski definition) is 2. The fourth-order valence-corrected chi connectivity index (χ4v) is 3.25. The molecule has 0 aliphatic carbocycles. The third-order valence-electron chi connectivity index (χ3n) is 5.07. The van der Waals surface area contributed by atoms with Crippen LogP contribution in [0.5, 0.6) is 11.5 Å². The Kier molecular flexibility index (Phi) is 9.10. The first-order valence-corrected chi connectivity index (χ1v) is 9.73. The van der Waals surface area contributed by atoms with Crippen molar-refractivity contribution in [3.63, 3.8) is 0 Å². The Morgan fingerprint density at radius 1 is 1.07 bits per heavy atom. The maximum atomic E-state index is 5.72. The van der Waals surface area contributed by atoms with Crippen molar-refractivity contribution >= 4 is 29.9 Å². The van der Waals surface area contributed by atoms with E-state index in [0.29, 0.717) is 13.2 Å². The van der Waals surface area contributed by atoms with Crippen LogP contribution in [-0.4, -0.2) is 77.1 Å². The van der Waals surface area contributed by atoms with Crippen LogP contribution < -0.4 is 20.1 Å². The molecule has 1 aromatic carbocycles. The van der Waals surface area contributed by atoms with E-state index in [4.69, 9.17) is 14.2 Å². The van der Waals surface area contributed by atoms with Gasteiger partial charge in [0, 0.05) is 45.2 Å². The zero-order valence-corrected chi connectivity index (χ0v) is 19.5. The van der Waals surface area contributed by atoms with Gasteiger partial charge in [-0.15, -0.1) is 24.0 Å². The maximum Gasteiger partial charge on any atom is 0.191 e. The van der Waals surface area contributed by atoms with Gasteiger partial charge in [0.15, 0.2) is 17.5 Å². The SMILES string of the molecule is CN=C(NCCN1CCOCC1)NCC(C)(C)c1ccc2c(c1)OCCO2.I. The molecule has 1 aromatic rings. The number of ether oxygens (including phenoxy) is 3. The van der Waals surface area contributed by atoms with Crippen LogP contribution >= 0.6 is 24.0 Å². The molecule has 2 aliphatic heterocycles. The number of aliphatic imine (C=N–C) groups is 1. The lowest BCUT2D eigenvalue weighted by Gasteiger charge is -2.29.